The zero-order valence-corrected chi connectivity index (χ0v) is 13.0. The molecule has 7 heteroatoms. The van der Waals surface area contributed by atoms with Gasteiger partial charge in [-0.2, -0.15) is 0 Å². The van der Waals surface area contributed by atoms with Crippen LogP contribution in [0, 0.1) is 10.1 Å². The number of amides is 2. The summed E-state index contributed by atoms with van der Waals surface area (Å²) in [5.41, 5.74) is 0.665. The fraction of sp³-hybridized carbons (Fsp3) is 0.467. The van der Waals surface area contributed by atoms with Gasteiger partial charge in [0.2, 0.25) is 11.8 Å². The summed E-state index contributed by atoms with van der Waals surface area (Å²) in [5, 5.41) is 13.3. The molecule has 0 radical (unpaired) electrons. The van der Waals surface area contributed by atoms with E-state index >= 15 is 0 Å². The summed E-state index contributed by atoms with van der Waals surface area (Å²) in [5.74, 6) is -0.385. The fourth-order valence-corrected chi connectivity index (χ4v) is 1.94. The first-order valence-corrected chi connectivity index (χ1v) is 7.14. The molecule has 0 aliphatic heterocycles. The fourth-order valence-electron chi connectivity index (χ4n) is 1.94. The van der Waals surface area contributed by atoms with Crippen LogP contribution in [0.25, 0.3) is 0 Å². The normalized spacial score (nSPS) is 10.4. The van der Waals surface area contributed by atoms with Crippen molar-refractivity contribution in [2.24, 2.45) is 0 Å². The van der Waals surface area contributed by atoms with E-state index in [1.807, 2.05) is 13.8 Å². The van der Waals surface area contributed by atoms with Crippen LogP contribution in [0.15, 0.2) is 24.3 Å². The zero-order valence-electron chi connectivity index (χ0n) is 13.0. The van der Waals surface area contributed by atoms with Crippen LogP contribution in [0.4, 0.5) is 5.69 Å². The molecule has 0 saturated carbocycles. The maximum Gasteiger partial charge on any atom is 0.269 e. The second-order valence-corrected chi connectivity index (χ2v) is 5.23. The van der Waals surface area contributed by atoms with Crippen molar-refractivity contribution in [1.29, 1.82) is 0 Å². The molecule has 1 N–H and O–H groups in total. The van der Waals surface area contributed by atoms with Gasteiger partial charge in [-0.1, -0.05) is 12.1 Å². The Morgan fingerprint density at radius 2 is 1.86 bits per heavy atom. The van der Waals surface area contributed by atoms with Gasteiger partial charge in [-0.3, -0.25) is 19.7 Å². The van der Waals surface area contributed by atoms with Crippen LogP contribution >= 0.6 is 0 Å². The largest absolute Gasteiger partial charge is 0.352 e. The second-order valence-electron chi connectivity index (χ2n) is 5.23. The van der Waals surface area contributed by atoms with E-state index in [1.54, 1.807) is 19.1 Å². The highest BCUT2D eigenvalue weighted by atomic mass is 16.6. The average molecular weight is 307 g/mol. The van der Waals surface area contributed by atoms with Crippen molar-refractivity contribution in [1.82, 2.24) is 10.2 Å². The Hall–Kier alpha value is -2.44. The highest BCUT2D eigenvalue weighted by Gasteiger charge is 2.16. The molecule has 0 spiro atoms. The number of non-ortho nitro benzene ring substituents is 1. The number of likely N-dealkylation sites (N-methyl/N-ethyl adjacent to an activating group) is 1. The van der Waals surface area contributed by atoms with E-state index in [0.29, 0.717) is 12.1 Å². The third kappa shape index (κ3) is 5.51. The van der Waals surface area contributed by atoms with Gasteiger partial charge in [0, 0.05) is 24.7 Å². The molecule has 1 aromatic carbocycles. The number of carbonyl (C=O) groups excluding carboxylic acids is 2. The van der Waals surface area contributed by atoms with E-state index < -0.39 is 4.92 Å². The number of nitro benzene ring substituents is 1. The lowest BCUT2D eigenvalue weighted by molar-refractivity contribution is -0.384. The molecular formula is C15H21N3O4. The molecule has 0 aliphatic carbocycles. The van der Waals surface area contributed by atoms with Crippen LogP contribution in [0.1, 0.15) is 26.3 Å². The maximum atomic E-state index is 12.2. The Morgan fingerprint density at radius 1 is 1.27 bits per heavy atom. The van der Waals surface area contributed by atoms with Gasteiger partial charge in [0.15, 0.2) is 0 Å². The van der Waals surface area contributed by atoms with Crippen LogP contribution in [0.5, 0.6) is 0 Å². The first-order valence-electron chi connectivity index (χ1n) is 7.14. The molecule has 0 aromatic heterocycles. The monoisotopic (exact) mass is 307 g/mol. The van der Waals surface area contributed by atoms with Gasteiger partial charge in [0.05, 0.1) is 17.9 Å². The third-order valence-electron chi connectivity index (χ3n) is 3.02. The van der Waals surface area contributed by atoms with Crippen molar-refractivity contribution < 1.29 is 14.5 Å². The van der Waals surface area contributed by atoms with E-state index in [0.717, 1.165) is 0 Å². The summed E-state index contributed by atoms with van der Waals surface area (Å²) >= 11 is 0. The number of hydrogen-bond donors (Lipinski definition) is 1. The average Bonchev–Trinajstić information content (AvgIpc) is 2.44. The van der Waals surface area contributed by atoms with Crippen molar-refractivity contribution in [3.8, 4) is 0 Å². The van der Waals surface area contributed by atoms with E-state index in [4.69, 9.17) is 0 Å². The molecule has 0 fully saturated rings. The number of rotatable bonds is 7. The predicted octanol–water partition coefficient (Wildman–Crippen LogP) is 1.51. The summed E-state index contributed by atoms with van der Waals surface area (Å²) in [6, 6.07) is 5.86. The first kappa shape index (κ1) is 17.6. The number of nitrogens with zero attached hydrogens (tertiary/aromatic N) is 2. The molecule has 120 valence electrons. The van der Waals surface area contributed by atoms with Crippen LogP contribution in [0.2, 0.25) is 0 Å². The highest BCUT2D eigenvalue weighted by molar-refractivity contribution is 5.85. The van der Waals surface area contributed by atoms with Gasteiger partial charge >= 0.3 is 0 Å². The topological polar surface area (TPSA) is 92.6 Å². The van der Waals surface area contributed by atoms with Gasteiger partial charge in [-0.05, 0) is 26.3 Å². The Labute approximate surface area is 129 Å². The molecule has 7 nitrogen and oxygen atoms in total. The van der Waals surface area contributed by atoms with Crippen LogP contribution in [-0.2, 0) is 16.0 Å². The summed E-state index contributed by atoms with van der Waals surface area (Å²) in [6.45, 7) is 5.95. The van der Waals surface area contributed by atoms with Crippen molar-refractivity contribution in [2.45, 2.75) is 33.2 Å². The van der Waals surface area contributed by atoms with Crippen LogP contribution in [-0.4, -0.2) is 40.8 Å². The minimum atomic E-state index is -0.486. The lowest BCUT2D eigenvalue weighted by atomic mass is 10.1. The van der Waals surface area contributed by atoms with E-state index in [2.05, 4.69) is 5.32 Å². The van der Waals surface area contributed by atoms with Gasteiger partial charge < -0.3 is 10.2 Å². The van der Waals surface area contributed by atoms with Crippen molar-refractivity contribution >= 4 is 17.5 Å². The lowest BCUT2D eigenvalue weighted by Gasteiger charge is -2.21. The quantitative estimate of drug-likeness (QED) is 0.610. The van der Waals surface area contributed by atoms with Crippen molar-refractivity contribution in [3.05, 3.63) is 39.9 Å². The van der Waals surface area contributed by atoms with E-state index in [1.165, 1.54) is 17.0 Å². The molecule has 1 aromatic rings. The van der Waals surface area contributed by atoms with E-state index in [9.17, 15) is 19.7 Å². The van der Waals surface area contributed by atoms with Gasteiger partial charge in [0.1, 0.15) is 0 Å². The van der Waals surface area contributed by atoms with Gasteiger partial charge in [-0.15, -0.1) is 0 Å². The molecule has 0 aliphatic rings. The minimum absolute atomic E-state index is 0.0140. The smallest absolute Gasteiger partial charge is 0.269 e. The first-order chi connectivity index (χ1) is 10.3. The van der Waals surface area contributed by atoms with Crippen molar-refractivity contribution in [3.63, 3.8) is 0 Å². The minimum Gasteiger partial charge on any atom is -0.352 e. The number of carbonyl (C=O) groups is 2. The second kappa shape index (κ2) is 8.11. The van der Waals surface area contributed by atoms with Gasteiger partial charge in [-0.25, -0.2) is 0 Å². The molecule has 0 bridgehead atoms. The summed E-state index contributed by atoms with van der Waals surface area (Å²) in [6.07, 6.45) is 0.112. The van der Waals surface area contributed by atoms with Crippen LogP contribution in [0.3, 0.4) is 0 Å². The predicted molar refractivity (Wildman–Crippen MR) is 82.3 cm³/mol. The highest BCUT2D eigenvalue weighted by Crippen LogP contribution is 2.13. The number of nitrogens with one attached hydrogen (secondary N) is 1. The number of benzene rings is 1. The SMILES string of the molecule is CCN(CC(=O)NC(C)C)C(=O)Cc1ccc([N+](=O)[O-])cc1. The standard InChI is InChI=1S/C15H21N3O4/c1-4-17(10-14(19)16-11(2)3)15(20)9-12-5-7-13(8-6-12)18(21)22/h5-8,11H,4,9-10H2,1-3H3,(H,16,19). The Balaban J connectivity index is 2.64. The molecule has 0 heterocycles. The zero-order chi connectivity index (χ0) is 16.7. The van der Waals surface area contributed by atoms with E-state index in [-0.39, 0.29) is 36.5 Å². The molecule has 2 amide bonds. The third-order valence-corrected chi connectivity index (χ3v) is 3.02. The Bertz CT molecular complexity index is 540. The Kier molecular flexibility index (Phi) is 6.49. The van der Waals surface area contributed by atoms with Crippen LogP contribution < -0.4 is 5.32 Å². The molecule has 0 atom stereocenters. The summed E-state index contributed by atoms with van der Waals surface area (Å²) < 4.78 is 0. The number of hydrogen-bond acceptors (Lipinski definition) is 4. The molecule has 0 unspecified atom stereocenters. The number of nitro groups is 1. The molecule has 22 heavy (non-hydrogen) atoms. The summed E-state index contributed by atoms with van der Waals surface area (Å²) in [7, 11) is 0. The maximum absolute atomic E-state index is 12.2. The summed E-state index contributed by atoms with van der Waals surface area (Å²) in [4.78, 5) is 35.5. The molecule has 0 saturated heterocycles. The lowest BCUT2D eigenvalue weighted by Crippen LogP contribution is -2.43. The van der Waals surface area contributed by atoms with Gasteiger partial charge in [0.25, 0.3) is 5.69 Å². The molecule has 1 rings (SSSR count). The molecular weight excluding hydrogens is 286 g/mol. The van der Waals surface area contributed by atoms with Crippen molar-refractivity contribution in [2.75, 3.05) is 13.1 Å². The Morgan fingerprint density at radius 3 is 2.32 bits per heavy atom.